The first-order valence-electron chi connectivity index (χ1n) is 12.5. The summed E-state index contributed by atoms with van der Waals surface area (Å²) in [5.74, 6) is 1.62. The Bertz CT molecular complexity index is 1370. The smallest absolute Gasteiger partial charge is 0.252 e. The maximum Gasteiger partial charge on any atom is 0.252 e. The Balaban J connectivity index is 1.78. The number of aryl methyl sites for hydroxylation is 1. The first-order chi connectivity index (χ1) is 17.2. The second-order valence-electron chi connectivity index (χ2n) is 10.4. The van der Waals surface area contributed by atoms with E-state index in [4.69, 9.17) is 4.74 Å². The molecule has 0 saturated heterocycles. The molecule has 0 unspecified atom stereocenters. The highest BCUT2D eigenvalue weighted by Gasteiger charge is 2.30. The van der Waals surface area contributed by atoms with Crippen LogP contribution in [0.3, 0.4) is 0 Å². The summed E-state index contributed by atoms with van der Waals surface area (Å²) < 4.78 is 7.25. The van der Waals surface area contributed by atoms with Gasteiger partial charge in [0, 0.05) is 24.2 Å². The molecule has 0 radical (unpaired) electrons. The van der Waals surface area contributed by atoms with E-state index in [1.165, 1.54) is 0 Å². The van der Waals surface area contributed by atoms with Gasteiger partial charge in [-0.15, -0.1) is 5.10 Å². The van der Waals surface area contributed by atoms with Gasteiger partial charge in [-0.25, -0.2) is 4.68 Å². The Morgan fingerprint density at radius 1 is 1.08 bits per heavy atom. The monoisotopic (exact) mass is 488 g/mol. The van der Waals surface area contributed by atoms with Gasteiger partial charge in [0.2, 0.25) is 0 Å². The summed E-state index contributed by atoms with van der Waals surface area (Å²) in [6.07, 6.45) is 1.81. The van der Waals surface area contributed by atoms with Crippen LogP contribution in [-0.2, 0) is 18.6 Å². The molecule has 0 amide bonds. The standard InChI is InChI=1S/C28H36N6O2/c1-7-8-25(26-30-31-32-34(26)28(3,4)5)33(17-20-10-12-23(36-6)13-11-20)18-22-16-21-15-19(2)9-14-24(21)29-27(22)35/h9-16,25H,7-8,17-18H2,1-6H3,(H,29,35)/t25-/m0/s1. The number of fused-ring (bicyclic) bond motifs is 1. The summed E-state index contributed by atoms with van der Waals surface area (Å²) in [5, 5.41) is 13.9. The molecule has 8 heteroatoms. The molecule has 2 aromatic carbocycles. The molecule has 2 aromatic heterocycles. The number of nitrogens with one attached hydrogen (secondary N) is 1. The number of tetrazole rings is 1. The average molecular weight is 489 g/mol. The normalized spacial score (nSPS) is 12.9. The molecule has 0 aliphatic heterocycles. The van der Waals surface area contributed by atoms with Gasteiger partial charge in [-0.1, -0.05) is 37.1 Å². The zero-order valence-corrected chi connectivity index (χ0v) is 22.1. The maximum atomic E-state index is 13.1. The minimum atomic E-state index is -0.269. The molecule has 190 valence electrons. The lowest BCUT2D eigenvalue weighted by Crippen LogP contribution is -2.35. The Hall–Kier alpha value is -3.52. The van der Waals surface area contributed by atoms with Crippen molar-refractivity contribution in [3.05, 3.63) is 81.4 Å². The van der Waals surface area contributed by atoms with E-state index < -0.39 is 0 Å². The fourth-order valence-electron chi connectivity index (χ4n) is 4.58. The largest absolute Gasteiger partial charge is 0.497 e. The van der Waals surface area contributed by atoms with E-state index in [1.54, 1.807) is 7.11 Å². The molecule has 0 spiro atoms. The number of aromatic amines is 1. The number of benzene rings is 2. The van der Waals surface area contributed by atoms with Crippen molar-refractivity contribution in [2.75, 3.05) is 7.11 Å². The lowest BCUT2D eigenvalue weighted by molar-refractivity contribution is 0.148. The van der Waals surface area contributed by atoms with Gasteiger partial charge in [0.1, 0.15) is 5.75 Å². The Morgan fingerprint density at radius 2 is 1.83 bits per heavy atom. The van der Waals surface area contributed by atoms with Crippen LogP contribution in [0.4, 0.5) is 0 Å². The Kier molecular flexibility index (Phi) is 7.54. The third-order valence-corrected chi connectivity index (χ3v) is 6.42. The molecule has 0 saturated carbocycles. The third kappa shape index (κ3) is 5.65. The third-order valence-electron chi connectivity index (χ3n) is 6.42. The number of nitrogens with zero attached hydrogens (tertiary/aromatic N) is 5. The number of H-pyrrole nitrogens is 1. The van der Waals surface area contributed by atoms with Crippen molar-refractivity contribution >= 4 is 10.9 Å². The Morgan fingerprint density at radius 3 is 2.50 bits per heavy atom. The van der Waals surface area contributed by atoms with Crippen molar-refractivity contribution in [1.82, 2.24) is 30.1 Å². The predicted octanol–water partition coefficient (Wildman–Crippen LogP) is 5.13. The van der Waals surface area contributed by atoms with Crippen LogP contribution >= 0.6 is 0 Å². The average Bonchev–Trinajstić information content (AvgIpc) is 3.34. The van der Waals surface area contributed by atoms with Gasteiger partial charge in [-0.05, 0) is 85.8 Å². The molecule has 0 aliphatic rings. The highest BCUT2D eigenvalue weighted by atomic mass is 16.5. The summed E-state index contributed by atoms with van der Waals surface area (Å²) in [4.78, 5) is 18.5. The molecule has 2 heterocycles. The molecule has 0 bridgehead atoms. The van der Waals surface area contributed by atoms with E-state index >= 15 is 0 Å². The lowest BCUT2D eigenvalue weighted by atomic mass is 10.0. The highest BCUT2D eigenvalue weighted by molar-refractivity contribution is 5.79. The minimum absolute atomic E-state index is 0.0704. The Labute approximate surface area is 212 Å². The van der Waals surface area contributed by atoms with E-state index in [1.807, 2.05) is 35.0 Å². The van der Waals surface area contributed by atoms with E-state index in [0.29, 0.717) is 13.1 Å². The summed E-state index contributed by atoms with van der Waals surface area (Å²) in [6.45, 7) is 11.6. The number of hydrogen-bond acceptors (Lipinski definition) is 6. The molecule has 8 nitrogen and oxygen atoms in total. The number of rotatable bonds is 9. The number of aromatic nitrogens is 5. The summed E-state index contributed by atoms with van der Waals surface area (Å²) in [6, 6.07) is 16.1. The van der Waals surface area contributed by atoms with Crippen LogP contribution in [0.5, 0.6) is 5.75 Å². The van der Waals surface area contributed by atoms with Crippen LogP contribution in [0.15, 0.2) is 53.3 Å². The molecule has 36 heavy (non-hydrogen) atoms. The van der Waals surface area contributed by atoms with Gasteiger partial charge in [0.25, 0.3) is 5.56 Å². The topological polar surface area (TPSA) is 88.9 Å². The molecular formula is C28H36N6O2. The van der Waals surface area contributed by atoms with Gasteiger partial charge >= 0.3 is 0 Å². The zero-order valence-electron chi connectivity index (χ0n) is 22.1. The maximum absolute atomic E-state index is 13.1. The van der Waals surface area contributed by atoms with Crippen LogP contribution < -0.4 is 10.3 Å². The number of ether oxygens (including phenoxy) is 1. The van der Waals surface area contributed by atoms with Crippen molar-refractivity contribution < 1.29 is 4.74 Å². The van der Waals surface area contributed by atoms with Crippen LogP contribution in [0.25, 0.3) is 10.9 Å². The van der Waals surface area contributed by atoms with E-state index in [9.17, 15) is 4.79 Å². The van der Waals surface area contributed by atoms with Crippen molar-refractivity contribution in [2.24, 2.45) is 0 Å². The molecule has 4 aromatic rings. The highest BCUT2D eigenvalue weighted by Crippen LogP contribution is 2.30. The molecule has 1 atom stereocenters. The zero-order chi connectivity index (χ0) is 25.9. The quantitative estimate of drug-likeness (QED) is 0.351. The van der Waals surface area contributed by atoms with Crippen LogP contribution in [0.1, 0.15) is 69.1 Å². The first kappa shape index (κ1) is 25.6. The van der Waals surface area contributed by atoms with E-state index in [2.05, 4.69) is 78.2 Å². The fraction of sp³-hybridized carbons (Fsp3) is 0.429. The number of methoxy groups -OCH3 is 1. The van der Waals surface area contributed by atoms with Crippen molar-refractivity contribution in [1.29, 1.82) is 0 Å². The van der Waals surface area contributed by atoms with E-state index in [0.717, 1.165) is 52.0 Å². The van der Waals surface area contributed by atoms with Crippen molar-refractivity contribution in [2.45, 2.75) is 72.1 Å². The fourth-order valence-corrected chi connectivity index (χ4v) is 4.58. The van der Waals surface area contributed by atoms with Crippen molar-refractivity contribution in [3.8, 4) is 5.75 Å². The second-order valence-corrected chi connectivity index (χ2v) is 10.4. The van der Waals surface area contributed by atoms with Crippen LogP contribution in [-0.4, -0.2) is 37.2 Å². The van der Waals surface area contributed by atoms with Gasteiger partial charge in [0.05, 0.1) is 18.7 Å². The molecule has 0 aliphatic carbocycles. The molecule has 4 rings (SSSR count). The van der Waals surface area contributed by atoms with Crippen LogP contribution in [0, 0.1) is 6.92 Å². The first-order valence-corrected chi connectivity index (χ1v) is 12.5. The SMILES string of the molecule is CCC[C@@H](c1nnnn1C(C)(C)C)N(Cc1ccc(OC)cc1)Cc1cc2cc(C)ccc2[nH]c1=O. The number of hydrogen-bond donors (Lipinski definition) is 1. The van der Waals surface area contributed by atoms with Crippen molar-refractivity contribution in [3.63, 3.8) is 0 Å². The van der Waals surface area contributed by atoms with Gasteiger partial charge in [-0.3, -0.25) is 9.69 Å². The lowest BCUT2D eigenvalue weighted by Gasteiger charge is -2.33. The van der Waals surface area contributed by atoms with Gasteiger partial charge in [0.15, 0.2) is 5.82 Å². The summed E-state index contributed by atoms with van der Waals surface area (Å²) in [7, 11) is 1.67. The van der Waals surface area contributed by atoms with Gasteiger partial charge < -0.3 is 9.72 Å². The molecule has 0 fully saturated rings. The summed E-state index contributed by atoms with van der Waals surface area (Å²) >= 11 is 0. The van der Waals surface area contributed by atoms with Gasteiger partial charge in [-0.2, -0.15) is 0 Å². The predicted molar refractivity (Wildman–Crippen MR) is 142 cm³/mol. The van der Waals surface area contributed by atoms with Crippen LogP contribution in [0.2, 0.25) is 0 Å². The number of pyridine rings is 1. The second kappa shape index (κ2) is 10.6. The van der Waals surface area contributed by atoms with E-state index in [-0.39, 0.29) is 17.1 Å². The minimum Gasteiger partial charge on any atom is -0.497 e. The molecule has 1 N–H and O–H groups in total. The molecular weight excluding hydrogens is 452 g/mol. The summed E-state index contributed by atoms with van der Waals surface area (Å²) in [5.41, 5.74) is 3.50.